The molecule has 1 aliphatic rings. The molecule has 0 amide bonds. The van der Waals surface area contributed by atoms with E-state index in [0.29, 0.717) is 26.2 Å². The Hall–Kier alpha value is -0.610. The molecule has 12 heavy (non-hydrogen) atoms. The normalized spacial score (nSPS) is 28.8. The Bertz CT molecular complexity index is 160. The molecular weight excluding hydrogens is 158 g/mol. The first-order valence-corrected chi connectivity index (χ1v) is 4.26. The summed E-state index contributed by atoms with van der Waals surface area (Å²) >= 11 is 0. The molecular formula is C8H15NO3. The van der Waals surface area contributed by atoms with Crippen molar-refractivity contribution in [2.75, 3.05) is 19.8 Å². The molecule has 4 heteroatoms. The van der Waals surface area contributed by atoms with Gasteiger partial charge in [-0.3, -0.25) is 4.79 Å². The van der Waals surface area contributed by atoms with Crippen molar-refractivity contribution in [1.29, 1.82) is 0 Å². The van der Waals surface area contributed by atoms with Gasteiger partial charge in [0.1, 0.15) is 0 Å². The number of rotatable bonds is 3. The number of nitrogens with two attached hydrogens (primary N) is 1. The third kappa shape index (κ3) is 2.19. The molecule has 0 aliphatic carbocycles. The fourth-order valence-electron chi connectivity index (χ4n) is 1.29. The van der Waals surface area contributed by atoms with E-state index >= 15 is 0 Å². The van der Waals surface area contributed by atoms with Gasteiger partial charge in [-0.25, -0.2) is 0 Å². The Morgan fingerprint density at radius 2 is 2.50 bits per heavy atom. The van der Waals surface area contributed by atoms with E-state index in [1.165, 1.54) is 0 Å². The van der Waals surface area contributed by atoms with Crippen LogP contribution in [-0.2, 0) is 14.3 Å². The molecule has 0 aromatic carbocycles. The topological polar surface area (TPSA) is 61.5 Å². The van der Waals surface area contributed by atoms with Crippen LogP contribution in [0.2, 0.25) is 0 Å². The summed E-state index contributed by atoms with van der Waals surface area (Å²) in [4.78, 5) is 11.2. The van der Waals surface area contributed by atoms with Crippen LogP contribution in [0.1, 0.15) is 13.3 Å². The van der Waals surface area contributed by atoms with Crippen LogP contribution in [0.25, 0.3) is 0 Å². The second-order valence-corrected chi connectivity index (χ2v) is 2.88. The summed E-state index contributed by atoms with van der Waals surface area (Å²) < 4.78 is 10.1. The van der Waals surface area contributed by atoms with Gasteiger partial charge in [0.2, 0.25) is 0 Å². The molecule has 2 N–H and O–H groups in total. The van der Waals surface area contributed by atoms with Crippen LogP contribution < -0.4 is 5.73 Å². The molecule has 1 heterocycles. The highest BCUT2D eigenvalue weighted by atomic mass is 16.5. The molecule has 4 nitrogen and oxygen atoms in total. The molecule has 1 saturated heterocycles. The van der Waals surface area contributed by atoms with E-state index in [-0.39, 0.29) is 18.0 Å². The largest absolute Gasteiger partial charge is 0.466 e. The highest BCUT2D eigenvalue weighted by Crippen LogP contribution is 2.19. The van der Waals surface area contributed by atoms with Crippen molar-refractivity contribution in [2.45, 2.75) is 19.4 Å². The number of carbonyl (C=O) groups excluding carboxylic acids is 1. The minimum Gasteiger partial charge on any atom is -0.466 e. The van der Waals surface area contributed by atoms with Gasteiger partial charge in [-0.15, -0.1) is 0 Å². The summed E-state index contributed by atoms with van der Waals surface area (Å²) in [6.45, 7) is 3.17. The number of hydrogen-bond donors (Lipinski definition) is 1. The highest BCUT2D eigenvalue weighted by Gasteiger charge is 2.30. The zero-order valence-electron chi connectivity index (χ0n) is 7.29. The lowest BCUT2D eigenvalue weighted by atomic mass is 10.1. The van der Waals surface area contributed by atoms with Crippen LogP contribution in [0, 0.1) is 5.92 Å². The lowest BCUT2D eigenvalue weighted by Gasteiger charge is -2.06. The summed E-state index contributed by atoms with van der Waals surface area (Å²) in [7, 11) is 0. The first-order valence-electron chi connectivity index (χ1n) is 4.26. The monoisotopic (exact) mass is 173 g/mol. The third-order valence-electron chi connectivity index (χ3n) is 1.96. The maximum Gasteiger partial charge on any atom is 0.311 e. The number of carbonyl (C=O) groups is 1. The fourth-order valence-corrected chi connectivity index (χ4v) is 1.29. The van der Waals surface area contributed by atoms with Crippen molar-refractivity contribution >= 4 is 5.97 Å². The molecule has 70 valence electrons. The molecule has 0 aromatic heterocycles. The highest BCUT2D eigenvalue weighted by molar-refractivity contribution is 5.72. The summed E-state index contributed by atoms with van der Waals surface area (Å²) in [6, 6.07) is 0. The predicted octanol–water partition coefficient (Wildman–Crippen LogP) is -0.0867. The van der Waals surface area contributed by atoms with Gasteiger partial charge >= 0.3 is 5.97 Å². The van der Waals surface area contributed by atoms with E-state index < -0.39 is 0 Å². The van der Waals surface area contributed by atoms with E-state index in [0.717, 1.165) is 0 Å². The van der Waals surface area contributed by atoms with Gasteiger partial charge in [0.15, 0.2) is 0 Å². The molecule has 0 bridgehead atoms. The Morgan fingerprint density at radius 3 is 3.00 bits per heavy atom. The van der Waals surface area contributed by atoms with Crippen LogP contribution in [-0.4, -0.2) is 31.8 Å². The summed E-state index contributed by atoms with van der Waals surface area (Å²) in [5.74, 6) is -0.257. The van der Waals surface area contributed by atoms with Gasteiger partial charge in [-0.2, -0.15) is 0 Å². The zero-order valence-corrected chi connectivity index (χ0v) is 7.29. The van der Waals surface area contributed by atoms with Gasteiger partial charge in [-0.05, 0) is 13.3 Å². The maximum absolute atomic E-state index is 11.2. The first kappa shape index (κ1) is 9.48. The number of ether oxygens (including phenoxy) is 2. The SMILES string of the molecule is CCOC(=O)[C@@H]1CO[C@H](CN)C1. The lowest BCUT2D eigenvalue weighted by molar-refractivity contribution is -0.147. The van der Waals surface area contributed by atoms with E-state index in [2.05, 4.69) is 0 Å². The van der Waals surface area contributed by atoms with Crippen molar-refractivity contribution < 1.29 is 14.3 Å². The molecule has 0 aromatic rings. The minimum absolute atomic E-state index is 0.0411. The van der Waals surface area contributed by atoms with E-state index in [4.69, 9.17) is 15.2 Å². The minimum atomic E-state index is -0.159. The van der Waals surface area contributed by atoms with Crippen LogP contribution in [0.3, 0.4) is 0 Å². The number of esters is 1. The average Bonchev–Trinajstić information content (AvgIpc) is 2.52. The van der Waals surface area contributed by atoms with Crippen molar-refractivity contribution in [3.05, 3.63) is 0 Å². The Morgan fingerprint density at radius 1 is 1.75 bits per heavy atom. The Balaban J connectivity index is 2.31. The van der Waals surface area contributed by atoms with Crippen molar-refractivity contribution in [3.63, 3.8) is 0 Å². The maximum atomic E-state index is 11.2. The molecule has 1 fully saturated rings. The predicted molar refractivity (Wildman–Crippen MR) is 43.5 cm³/mol. The van der Waals surface area contributed by atoms with Crippen molar-refractivity contribution in [2.24, 2.45) is 11.7 Å². The van der Waals surface area contributed by atoms with E-state index in [1.54, 1.807) is 6.92 Å². The molecule has 1 aliphatic heterocycles. The van der Waals surface area contributed by atoms with Crippen LogP contribution in [0.4, 0.5) is 0 Å². The Kier molecular flexibility index (Phi) is 3.49. The number of hydrogen-bond acceptors (Lipinski definition) is 4. The van der Waals surface area contributed by atoms with Gasteiger partial charge in [0, 0.05) is 6.54 Å². The van der Waals surface area contributed by atoms with Crippen LogP contribution in [0.15, 0.2) is 0 Å². The summed E-state index contributed by atoms with van der Waals surface area (Å²) in [5, 5.41) is 0. The van der Waals surface area contributed by atoms with E-state index in [1.807, 2.05) is 0 Å². The van der Waals surface area contributed by atoms with Gasteiger partial charge in [-0.1, -0.05) is 0 Å². The molecule has 0 radical (unpaired) electrons. The standard InChI is InChI=1S/C8H15NO3/c1-2-11-8(10)6-3-7(4-9)12-5-6/h6-7H,2-5,9H2,1H3/t6-,7-/m0/s1. The second-order valence-electron chi connectivity index (χ2n) is 2.88. The van der Waals surface area contributed by atoms with E-state index in [9.17, 15) is 4.79 Å². The average molecular weight is 173 g/mol. The Labute approximate surface area is 72.0 Å². The summed E-state index contributed by atoms with van der Waals surface area (Å²) in [6.07, 6.45) is 0.745. The van der Waals surface area contributed by atoms with Gasteiger partial charge < -0.3 is 15.2 Å². The lowest BCUT2D eigenvalue weighted by Crippen LogP contribution is -2.20. The van der Waals surface area contributed by atoms with Crippen molar-refractivity contribution in [3.8, 4) is 0 Å². The summed E-state index contributed by atoms with van der Waals surface area (Å²) in [5.41, 5.74) is 5.39. The van der Waals surface area contributed by atoms with Gasteiger partial charge in [0.25, 0.3) is 0 Å². The van der Waals surface area contributed by atoms with Crippen LogP contribution >= 0.6 is 0 Å². The molecule has 2 atom stereocenters. The quantitative estimate of drug-likeness (QED) is 0.606. The molecule has 0 spiro atoms. The first-order chi connectivity index (χ1) is 5.77. The molecule has 1 rings (SSSR count). The fraction of sp³-hybridized carbons (Fsp3) is 0.875. The van der Waals surface area contributed by atoms with Gasteiger partial charge in [0.05, 0.1) is 25.2 Å². The molecule has 0 saturated carbocycles. The smallest absolute Gasteiger partial charge is 0.311 e. The third-order valence-corrected chi connectivity index (χ3v) is 1.96. The second kappa shape index (κ2) is 4.42. The van der Waals surface area contributed by atoms with Crippen molar-refractivity contribution in [1.82, 2.24) is 0 Å². The van der Waals surface area contributed by atoms with Crippen LogP contribution in [0.5, 0.6) is 0 Å². The molecule has 0 unspecified atom stereocenters. The zero-order chi connectivity index (χ0) is 8.97.